The van der Waals surface area contributed by atoms with Gasteiger partial charge in [-0.1, -0.05) is 28.8 Å². The van der Waals surface area contributed by atoms with E-state index in [1.165, 1.54) is 12.1 Å². The maximum absolute atomic E-state index is 13.2. The van der Waals surface area contributed by atoms with Gasteiger partial charge in [-0.25, -0.2) is 14.4 Å². The van der Waals surface area contributed by atoms with Crippen molar-refractivity contribution in [1.82, 2.24) is 9.97 Å². The fourth-order valence-electron chi connectivity index (χ4n) is 2.30. The Balaban J connectivity index is 2.24. The lowest BCUT2D eigenvalue weighted by atomic mass is 10.1. The Hall–Kier alpha value is -2.00. The topological polar surface area (TPSA) is 25.8 Å². The van der Waals surface area contributed by atoms with E-state index in [-0.39, 0.29) is 11.0 Å². The lowest BCUT2D eigenvalue weighted by molar-refractivity contribution is 0.629. The molecule has 0 unspecified atom stereocenters. The molecule has 1 aromatic heterocycles. The molecule has 4 heteroatoms. The monoisotopic (exact) mass is 286 g/mol. The molecule has 2 nitrogen and oxygen atoms in total. The Morgan fingerprint density at radius 1 is 0.950 bits per heavy atom. The molecule has 0 fully saturated rings. The van der Waals surface area contributed by atoms with Crippen LogP contribution in [0.15, 0.2) is 36.4 Å². The van der Waals surface area contributed by atoms with E-state index >= 15 is 0 Å². The second-order valence-electron chi connectivity index (χ2n) is 4.88. The minimum Gasteiger partial charge on any atom is -0.228 e. The van der Waals surface area contributed by atoms with Crippen molar-refractivity contribution in [2.45, 2.75) is 13.8 Å². The molecule has 0 atom stereocenters. The third-order valence-corrected chi connectivity index (χ3v) is 3.38. The second kappa shape index (κ2) is 4.84. The van der Waals surface area contributed by atoms with Crippen LogP contribution in [0, 0.1) is 19.7 Å². The smallest absolute Gasteiger partial charge is 0.161 e. The van der Waals surface area contributed by atoms with Crippen molar-refractivity contribution >= 4 is 22.5 Å². The average molecular weight is 287 g/mol. The van der Waals surface area contributed by atoms with Gasteiger partial charge in [0.05, 0.1) is 5.52 Å². The summed E-state index contributed by atoms with van der Waals surface area (Å²) in [7, 11) is 0. The lowest BCUT2D eigenvalue weighted by Crippen LogP contribution is -1.93. The van der Waals surface area contributed by atoms with Gasteiger partial charge in [0, 0.05) is 10.9 Å². The van der Waals surface area contributed by atoms with E-state index in [4.69, 9.17) is 11.6 Å². The zero-order chi connectivity index (χ0) is 14.3. The number of rotatable bonds is 1. The Morgan fingerprint density at radius 2 is 1.65 bits per heavy atom. The molecule has 0 N–H and O–H groups in total. The summed E-state index contributed by atoms with van der Waals surface area (Å²) in [5.74, 6) is 0.211. The first kappa shape index (κ1) is 13.0. The van der Waals surface area contributed by atoms with E-state index in [0.29, 0.717) is 16.7 Å². The van der Waals surface area contributed by atoms with Gasteiger partial charge in [-0.15, -0.1) is 0 Å². The number of halogens is 2. The molecule has 0 saturated carbocycles. The highest BCUT2D eigenvalue weighted by atomic mass is 35.5. The Kier molecular flexibility index (Phi) is 3.14. The molecule has 0 bridgehead atoms. The van der Waals surface area contributed by atoms with Crippen molar-refractivity contribution in [3.8, 4) is 11.4 Å². The van der Waals surface area contributed by atoms with Crippen LogP contribution < -0.4 is 0 Å². The van der Waals surface area contributed by atoms with Gasteiger partial charge in [-0.2, -0.15) is 0 Å². The van der Waals surface area contributed by atoms with E-state index in [9.17, 15) is 4.39 Å². The predicted molar refractivity (Wildman–Crippen MR) is 79.4 cm³/mol. The van der Waals surface area contributed by atoms with Crippen molar-refractivity contribution in [1.29, 1.82) is 0 Å². The molecule has 0 radical (unpaired) electrons. The van der Waals surface area contributed by atoms with E-state index in [0.717, 1.165) is 16.7 Å². The Morgan fingerprint density at radius 3 is 2.35 bits per heavy atom. The molecule has 100 valence electrons. The normalized spacial score (nSPS) is 11.0. The standard InChI is InChI=1S/C16H12ClFN2/c1-9-5-10(2)7-11(6-9)16-19-14-4-3-12(18)8-13(14)15(17)20-16/h3-8H,1-2H3. The summed E-state index contributed by atoms with van der Waals surface area (Å²) in [6.07, 6.45) is 0. The van der Waals surface area contributed by atoms with Crippen LogP contribution in [0.5, 0.6) is 0 Å². The molecule has 0 saturated heterocycles. The largest absolute Gasteiger partial charge is 0.228 e. The number of fused-ring (bicyclic) bond motifs is 1. The second-order valence-corrected chi connectivity index (χ2v) is 5.23. The van der Waals surface area contributed by atoms with Gasteiger partial charge in [0.25, 0.3) is 0 Å². The molecule has 3 aromatic rings. The minimum absolute atomic E-state index is 0.267. The number of hydrogen-bond donors (Lipinski definition) is 0. The Bertz CT molecular complexity index is 795. The van der Waals surface area contributed by atoms with Crippen LogP contribution in [-0.2, 0) is 0 Å². The number of aryl methyl sites for hydroxylation is 2. The van der Waals surface area contributed by atoms with Crippen LogP contribution in [0.1, 0.15) is 11.1 Å². The fourth-order valence-corrected chi connectivity index (χ4v) is 2.53. The molecule has 20 heavy (non-hydrogen) atoms. The van der Waals surface area contributed by atoms with Gasteiger partial charge in [0.15, 0.2) is 5.82 Å². The molecular weight excluding hydrogens is 275 g/mol. The average Bonchev–Trinajstić information content (AvgIpc) is 2.38. The van der Waals surface area contributed by atoms with Crippen molar-refractivity contribution < 1.29 is 4.39 Å². The van der Waals surface area contributed by atoms with Gasteiger partial charge in [0.1, 0.15) is 11.0 Å². The van der Waals surface area contributed by atoms with Crippen molar-refractivity contribution in [3.63, 3.8) is 0 Å². The van der Waals surface area contributed by atoms with E-state index in [2.05, 4.69) is 16.0 Å². The van der Waals surface area contributed by atoms with Gasteiger partial charge in [-0.05, 0) is 44.2 Å². The zero-order valence-corrected chi connectivity index (χ0v) is 11.9. The van der Waals surface area contributed by atoms with Crippen LogP contribution in [0.4, 0.5) is 4.39 Å². The molecule has 1 heterocycles. The number of nitrogens with zero attached hydrogens (tertiary/aromatic N) is 2. The zero-order valence-electron chi connectivity index (χ0n) is 11.1. The highest BCUT2D eigenvalue weighted by Crippen LogP contribution is 2.26. The summed E-state index contributed by atoms with van der Waals surface area (Å²) in [6.45, 7) is 4.04. The molecular formula is C16H12ClFN2. The first-order valence-electron chi connectivity index (χ1n) is 6.24. The van der Waals surface area contributed by atoms with Gasteiger partial charge < -0.3 is 0 Å². The summed E-state index contributed by atoms with van der Waals surface area (Å²) >= 11 is 6.15. The molecule has 2 aromatic carbocycles. The Labute approximate surface area is 121 Å². The molecule has 0 aliphatic rings. The predicted octanol–water partition coefficient (Wildman–Crippen LogP) is 4.71. The van der Waals surface area contributed by atoms with E-state index < -0.39 is 0 Å². The van der Waals surface area contributed by atoms with E-state index in [1.54, 1.807) is 6.07 Å². The molecule has 0 amide bonds. The van der Waals surface area contributed by atoms with Crippen molar-refractivity contribution in [2.24, 2.45) is 0 Å². The highest BCUT2D eigenvalue weighted by molar-refractivity contribution is 6.34. The summed E-state index contributed by atoms with van der Waals surface area (Å²) in [4.78, 5) is 8.75. The van der Waals surface area contributed by atoms with Crippen LogP contribution in [0.2, 0.25) is 5.15 Å². The minimum atomic E-state index is -0.345. The molecule has 0 aliphatic heterocycles. The van der Waals surface area contributed by atoms with E-state index in [1.807, 2.05) is 26.0 Å². The third-order valence-electron chi connectivity index (χ3n) is 3.09. The van der Waals surface area contributed by atoms with Gasteiger partial charge in [-0.3, -0.25) is 0 Å². The molecule has 3 rings (SSSR count). The van der Waals surface area contributed by atoms with Gasteiger partial charge in [0.2, 0.25) is 0 Å². The maximum Gasteiger partial charge on any atom is 0.161 e. The van der Waals surface area contributed by atoms with Crippen LogP contribution >= 0.6 is 11.6 Å². The van der Waals surface area contributed by atoms with Crippen molar-refractivity contribution in [2.75, 3.05) is 0 Å². The van der Waals surface area contributed by atoms with Crippen LogP contribution in [-0.4, -0.2) is 9.97 Å². The molecule has 0 aliphatic carbocycles. The SMILES string of the molecule is Cc1cc(C)cc(-c2nc(Cl)c3cc(F)ccc3n2)c1. The summed E-state index contributed by atoms with van der Waals surface area (Å²) in [5.41, 5.74) is 3.83. The summed E-state index contributed by atoms with van der Waals surface area (Å²) in [5, 5.41) is 0.795. The summed E-state index contributed by atoms with van der Waals surface area (Å²) in [6, 6.07) is 10.4. The molecule has 0 spiro atoms. The van der Waals surface area contributed by atoms with Crippen LogP contribution in [0.3, 0.4) is 0 Å². The first-order chi connectivity index (χ1) is 9.52. The third kappa shape index (κ3) is 2.37. The fraction of sp³-hybridized carbons (Fsp3) is 0.125. The maximum atomic E-state index is 13.2. The van der Waals surface area contributed by atoms with Gasteiger partial charge >= 0.3 is 0 Å². The van der Waals surface area contributed by atoms with Crippen molar-refractivity contribution in [3.05, 3.63) is 58.5 Å². The lowest BCUT2D eigenvalue weighted by Gasteiger charge is -2.07. The quantitative estimate of drug-likeness (QED) is 0.606. The highest BCUT2D eigenvalue weighted by Gasteiger charge is 2.09. The first-order valence-corrected chi connectivity index (χ1v) is 6.62. The van der Waals surface area contributed by atoms with Crippen LogP contribution in [0.25, 0.3) is 22.3 Å². The number of benzene rings is 2. The number of hydrogen-bond acceptors (Lipinski definition) is 2. The summed E-state index contributed by atoms with van der Waals surface area (Å²) < 4.78 is 13.2. The number of aromatic nitrogens is 2.